The molecule has 0 spiro atoms. The van der Waals surface area contributed by atoms with Crippen LogP contribution in [0.3, 0.4) is 0 Å². The van der Waals surface area contributed by atoms with E-state index in [4.69, 9.17) is 11.6 Å². The van der Waals surface area contributed by atoms with E-state index in [0.717, 1.165) is 5.56 Å². The van der Waals surface area contributed by atoms with Crippen molar-refractivity contribution < 1.29 is 9.18 Å². The predicted molar refractivity (Wildman–Crippen MR) is 61.7 cm³/mol. The van der Waals surface area contributed by atoms with Crippen LogP contribution in [0.15, 0.2) is 12.1 Å². The highest BCUT2D eigenvalue weighted by atomic mass is 35.5. The van der Waals surface area contributed by atoms with Crippen molar-refractivity contribution in [3.63, 3.8) is 0 Å². The molecule has 1 amide bonds. The molecule has 0 fully saturated rings. The quantitative estimate of drug-likeness (QED) is 0.749. The Labute approximate surface area is 98.8 Å². The maximum atomic E-state index is 13.3. The molecule has 0 atom stereocenters. The van der Waals surface area contributed by atoms with Gasteiger partial charge in [-0.25, -0.2) is 4.39 Å². The zero-order valence-corrected chi connectivity index (χ0v) is 9.78. The van der Waals surface area contributed by atoms with Crippen LogP contribution in [-0.2, 0) is 4.79 Å². The van der Waals surface area contributed by atoms with Crippen molar-refractivity contribution in [3.8, 4) is 11.8 Å². The third kappa shape index (κ3) is 3.56. The topological polar surface area (TPSA) is 29.1 Å². The van der Waals surface area contributed by atoms with E-state index >= 15 is 0 Å². The minimum Gasteiger partial charge on any atom is -0.345 e. The summed E-state index contributed by atoms with van der Waals surface area (Å²) >= 11 is 5.74. The molecule has 4 heteroatoms. The summed E-state index contributed by atoms with van der Waals surface area (Å²) in [6.45, 7) is 3.38. The summed E-state index contributed by atoms with van der Waals surface area (Å²) in [4.78, 5) is 10.6. The summed E-state index contributed by atoms with van der Waals surface area (Å²) in [5.74, 6) is 4.68. The fourth-order valence-corrected chi connectivity index (χ4v) is 1.21. The average molecular weight is 240 g/mol. The number of aryl methyl sites for hydroxylation is 1. The minimum absolute atomic E-state index is 0.165. The number of hydrogen-bond donors (Lipinski definition) is 1. The van der Waals surface area contributed by atoms with Crippen LogP contribution in [0.5, 0.6) is 0 Å². The van der Waals surface area contributed by atoms with Crippen molar-refractivity contribution in [3.05, 3.63) is 34.1 Å². The summed E-state index contributed by atoms with van der Waals surface area (Å²) in [6, 6.07) is 2.82. The highest BCUT2D eigenvalue weighted by molar-refractivity contribution is 6.31. The largest absolute Gasteiger partial charge is 0.345 e. The number of amides is 1. The molecular weight excluding hydrogens is 229 g/mol. The molecule has 0 saturated heterocycles. The van der Waals surface area contributed by atoms with Gasteiger partial charge in [0.2, 0.25) is 5.91 Å². The first-order valence-electron chi connectivity index (χ1n) is 4.69. The zero-order valence-electron chi connectivity index (χ0n) is 9.03. The van der Waals surface area contributed by atoms with Gasteiger partial charge in [0.1, 0.15) is 5.82 Å². The molecule has 0 heterocycles. The standard InChI is InChI=1S/C12H11ClFNO/c1-8-6-10(12(14)7-11(8)13)4-3-5-15-9(2)16/h6-7H,5H2,1-2H3,(H,15,16). The molecule has 2 nitrogen and oxygen atoms in total. The van der Waals surface area contributed by atoms with Gasteiger partial charge in [-0.05, 0) is 24.6 Å². The highest BCUT2D eigenvalue weighted by Crippen LogP contribution is 2.19. The Bertz CT molecular complexity index is 474. The first kappa shape index (κ1) is 12.5. The number of nitrogens with one attached hydrogen (secondary N) is 1. The van der Waals surface area contributed by atoms with Crippen LogP contribution >= 0.6 is 11.6 Å². The van der Waals surface area contributed by atoms with Gasteiger partial charge < -0.3 is 5.32 Å². The van der Waals surface area contributed by atoms with Crippen LogP contribution in [0.2, 0.25) is 5.02 Å². The van der Waals surface area contributed by atoms with E-state index in [1.807, 2.05) is 0 Å². The van der Waals surface area contributed by atoms with Crippen molar-refractivity contribution in [1.82, 2.24) is 5.32 Å². The van der Waals surface area contributed by atoms with Crippen LogP contribution < -0.4 is 5.32 Å². The Morgan fingerprint density at radius 3 is 2.88 bits per heavy atom. The van der Waals surface area contributed by atoms with Crippen LogP contribution in [0, 0.1) is 24.6 Å². The monoisotopic (exact) mass is 239 g/mol. The number of rotatable bonds is 1. The average Bonchev–Trinajstić information content (AvgIpc) is 2.19. The molecule has 0 bridgehead atoms. The predicted octanol–water partition coefficient (Wildman–Crippen LogP) is 2.28. The molecule has 0 aromatic heterocycles. The lowest BCUT2D eigenvalue weighted by Crippen LogP contribution is -2.19. The van der Waals surface area contributed by atoms with Crippen molar-refractivity contribution in [2.24, 2.45) is 0 Å². The van der Waals surface area contributed by atoms with Crippen molar-refractivity contribution in [1.29, 1.82) is 0 Å². The van der Waals surface area contributed by atoms with Crippen LogP contribution in [0.25, 0.3) is 0 Å². The molecule has 0 aliphatic rings. The first-order chi connectivity index (χ1) is 7.50. The highest BCUT2D eigenvalue weighted by Gasteiger charge is 2.03. The van der Waals surface area contributed by atoms with E-state index in [1.54, 1.807) is 13.0 Å². The van der Waals surface area contributed by atoms with Crippen LogP contribution in [-0.4, -0.2) is 12.5 Å². The third-order valence-corrected chi connectivity index (χ3v) is 2.30. The molecule has 84 valence electrons. The lowest BCUT2D eigenvalue weighted by molar-refractivity contribution is -0.118. The van der Waals surface area contributed by atoms with E-state index in [0.29, 0.717) is 5.02 Å². The fourth-order valence-electron chi connectivity index (χ4n) is 1.06. The number of carbonyl (C=O) groups excluding carboxylic acids is 1. The summed E-state index contributed by atoms with van der Waals surface area (Å²) in [7, 11) is 0. The van der Waals surface area contributed by atoms with Gasteiger partial charge in [-0.2, -0.15) is 0 Å². The third-order valence-electron chi connectivity index (χ3n) is 1.90. The summed E-state index contributed by atoms with van der Waals surface area (Å²) in [6.07, 6.45) is 0. The molecule has 0 aliphatic heterocycles. The molecule has 0 unspecified atom stereocenters. The van der Waals surface area contributed by atoms with Gasteiger partial charge in [-0.1, -0.05) is 23.4 Å². The Balaban J connectivity index is 2.81. The molecule has 1 rings (SSSR count). The summed E-state index contributed by atoms with van der Waals surface area (Å²) in [5, 5.41) is 2.88. The maximum Gasteiger partial charge on any atom is 0.217 e. The van der Waals surface area contributed by atoms with E-state index in [-0.39, 0.29) is 18.0 Å². The van der Waals surface area contributed by atoms with E-state index in [9.17, 15) is 9.18 Å². The molecule has 0 radical (unpaired) electrons. The van der Waals surface area contributed by atoms with Crippen molar-refractivity contribution in [2.75, 3.05) is 6.54 Å². The van der Waals surface area contributed by atoms with E-state index < -0.39 is 5.82 Å². The normalized spacial score (nSPS) is 9.25. The maximum absolute atomic E-state index is 13.3. The summed E-state index contributed by atoms with van der Waals surface area (Å²) in [5.41, 5.74) is 1.05. The molecule has 1 aromatic rings. The zero-order chi connectivity index (χ0) is 12.1. The second-order valence-electron chi connectivity index (χ2n) is 3.29. The lowest BCUT2D eigenvalue weighted by atomic mass is 10.1. The molecule has 16 heavy (non-hydrogen) atoms. The van der Waals surface area contributed by atoms with E-state index in [1.165, 1.54) is 13.0 Å². The SMILES string of the molecule is CC(=O)NCC#Cc1cc(C)c(Cl)cc1F. The van der Waals surface area contributed by atoms with Gasteiger partial charge in [0.25, 0.3) is 0 Å². The van der Waals surface area contributed by atoms with Gasteiger partial charge >= 0.3 is 0 Å². The number of hydrogen-bond acceptors (Lipinski definition) is 1. The fraction of sp³-hybridized carbons (Fsp3) is 0.250. The van der Waals surface area contributed by atoms with Crippen molar-refractivity contribution in [2.45, 2.75) is 13.8 Å². The smallest absolute Gasteiger partial charge is 0.217 e. The Morgan fingerprint density at radius 1 is 1.56 bits per heavy atom. The number of carbonyl (C=O) groups is 1. The van der Waals surface area contributed by atoms with Gasteiger partial charge in [-0.15, -0.1) is 0 Å². The van der Waals surface area contributed by atoms with Crippen molar-refractivity contribution >= 4 is 17.5 Å². The molecule has 0 saturated carbocycles. The number of benzene rings is 1. The number of halogens is 2. The second kappa shape index (κ2) is 5.53. The van der Waals surface area contributed by atoms with Gasteiger partial charge in [0, 0.05) is 11.9 Å². The van der Waals surface area contributed by atoms with Gasteiger partial charge in [0.05, 0.1) is 12.1 Å². The Hall–Kier alpha value is -1.53. The van der Waals surface area contributed by atoms with Crippen LogP contribution in [0.4, 0.5) is 4.39 Å². The van der Waals surface area contributed by atoms with Gasteiger partial charge in [0.15, 0.2) is 0 Å². The second-order valence-corrected chi connectivity index (χ2v) is 3.70. The lowest BCUT2D eigenvalue weighted by Gasteiger charge is -2.00. The molecule has 1 aromatic carbocycles. The minimum atomic E-state index is -0.453. The molecule has 0 aliphatic carbocycles. The first-order valence-corrected chi connectivity index (χ1v) is 5.07. The van der Waals surface area contributed by atoms with E-state index in [2.05, 4.69) is 17.2 Å². The summed E-state index contributed by atoms with van der Waals surface area (Å²) < 4.78 is 13.3. The van der Waals surface area contributed by atoms with Gasteiger partial charge in [-0.3, -0.25) is 4.79 Å². The molecular formula is C12H11ClFNO. The Kier molecular flexibility index (Phi) is 4.33. The Morgan fingerprint density at radius 2 is 2.25 bits per heavy atom. The molecule has 1 N–H and O–H groups in total. The van der Waals surface area contributed by atoms with Crippen LogP contribution in [0.1, 0.15) is 18.1 Å².